The summed E-state index contributed by atoms with van der Waals surface area (Å²) in [6.07, 6.45) is -5.26. The molecule has 0 N–H and O–H groups in total. The lowest BCUT2D eigenvalue weighted by molar-refractivity contribution is 0.328. The summed E-state index contributed by atoms with van der Waals surface area (Å²) in [7, 11) is 1.29. The predicted octanol–water partition coefficient (Wildman–Crippen LogP) is 0.962. The standard InChI is InChI=1S/C13H19FN4O2/c1-9(14)6-4-5-7-18-12(19)10-11(15-8-16(10)2)17(3)13(18)20/h8-9H,4-7H2,1-3H3/i1D3,2D3,6D2. The van der Waals surface area contributed by atoms with E-state index in [1.807, 2.05) is 0 Å². The summed E-state index contributed by atoms with van der Waals surface area (Å²) in [6, 6.07) is 0. The lowest BCUT2D eigenvalue weighted by Gasteiger charge is -2.08. The van der Waals surface area contributed by atoms with Gasteiger partial charge in [0.15, 0.2) is 11.2 Å². The van der Waals surface area contributed by atoms with Gasteiger partial charge < -0.3 is 4.57 Å². The van der Waals surface area contributed by atoms with E-state index in [9.17, 15) is 14.0 Å². The maximum atomic E-state index is 13.8. The van der Waals surface area contributed by atoms with Gasteiger partial charge in [-0.1, -0.05) is 0 Å². The van der Waals surface area contributed by atoms with Crippen molar-refractivity contribution in [3.63, 3.8) is 0 Å². The Bertz CT molecular complexity index is 988. The zero-order valence-electron chi connectivity index (χ0n) is 18.8. The Morgan fingerprint density at radius 3 is 3.00 bits per heavy atom. The molecule has 0 saturated heterocycles. The van der Waals surface area contributed by atoms with Gasteiger partial charge in [-0.15, -0.1) is 0 Å². The molecule has 110 valence electrons. The van der Waals surface area contributed by atoms with Crippen molar-refractivity contribution in [2.75, 3.05) is 0 Å². The van der Waals surface area contributed by atoms with Crippen LogP contribution in [-0.4, -0.2) is 24.9 Å². The van der Waals surface area contributed by atoms with Gasteiger partial charge in [0, 0.05) is 31.5 Å². The number of fused-ring (bicyclic) bond motifs is 1. The topological polar surface area (TPSA) is 61.8 Å². The van der Waals surface area contributed by atoms with E-state index in [2.05, 4.69) is 4.98 Å². The van der Waals surface area contributed by atoms with Crippen LogP contribution in [0.25, 0.3) is 11.2 Å². The van der Waals surface area contributed by atoms with E-state index in [4.69, 9.17) is 11.0 Å². The van der Waals surface area contributed by atoms with Crippen LogP contribution in [0.2, 0.25) is 0 Å². The first kappa shape index (κ1) is 7.19. The molecule has 2 aromatic heterocycles. The highest BCUT2D eigenvalue weighted by Crippen LogP contribution is 2.06. The highest BCUT2D eigenvalue weighted by Gasteiger charge is 2.14. The molecule has 2 heterocycles. The number of imidazole rings is 1. The van der Waals surface area contributed by atoms with Crippen molar-refractivity contribution in [1.82, 2.24) is 18.7 Å². The average Bonchev–Trinajstić information content (AvgIpc) is 3.00. The third-order valence-electron chi connectivity index (χ3n) is 2.91. The third kappa shape index (κ3) is 2.52. The largest absolute Gasteiger partial charge is 0.332 e. The molecule has 0 radical (unpaired) electrons. The molecule has 0 amide bonds. The Morgan fingerprint density at radius 2 is 2.30 bits per heavy atom. The normalized spacial score (nSPS) is 20.9. The summed E-state index contributed by atoms with van der Waals surface area (Å²) >= 11 is 0. The molecular formula is C13H19FN4O2. The van der Waals surface area contributed by atoms with E-state index >= 15 is 0 Å². The van der Waals surface area contributed by atoms with Gasteiger partial charge in [-0.25, -0.2) is 14.2 Å². The molecule has 1 atom stereocenters. The van der Waals surface area contributed by atoms with Crippen LogP contribution in [0.1, 0.15) is 37.0 Å². The van der Waals surface area contributed by atoms with Gasteiger partial charge in [-0.2, -0.15) is 0 Å². The molecule has 6 nitrogen and oxygen atoms in total. The average molecular weight is 290 g/mol. The molecular weight excluding hydrogens is 263 g/mol. The van der Waals surface area contributed by atoms with Crippen LogP contribution < -0.4 is 11.2 Å². The molecule has 0 aliphatic carbocycles. The fourth-order valence-corrected chi connectivity index (χ4v) is 1.93. The lowest BCUT2D eigenvalue weighted by Crippen LogP contribution is -2.39. The second kappa shape index (κ2) is 5.60. The molecule has 0 aromatic carbocycles. The van der Waals surface area contributed by atoms with Crippen LogP contribution in [0.4, 0.5) is 4.39 Å². The molecule has 0 saturated carbocycles. The Morgan fingerprint density at radius 1 is 1.50 bits per heavy atom. The van der Waals surface area contributed by atoms with Gasteiger partial charge in [-0.3, -0.25) is 13.9 Å². The number of nitrogens with zero attached hydrogens (tertiary/aromatic N) is 4. The summed E-state index contributed by atoms with van der Waals surface area (Å²) < 4.78 is 74.7. The Hall–Kier alpha value is -1.92. The van der Waals surface area contributed by atoms with E-state index in [1.54, 1.807) is 0 Å². The van der Waals surface area contributed by atoms with Crippen molar-refractivity contribution in [3.05, 3.63) is 27.2 Å². The monoisotopic (exact) mass is 290 g/mol. The molecule has 0 aliphatic rings. The van der Waals surface area contributed by atoms with Crippen molar-refractivity contribution < 1.29 is 15.4 Å². The van der Waals surface area contributed by atoms with Gasteiger partial charge in [0.05, 0.1) is 12.5 Å². The summed E-state index contributed by atoms with van der Waals surface area (Å²) in [4.78, 5) is 28.8. The lowest BCUT2D eigenvalue weighted by atomic mass is 10.2. The van der Waals surface area contributed by atoms with Crippen molar-refractivity contribution in [3.8, 4) is 0 Å². The number of aryl methyl sites for hydroxylation is 2. The van der Waals surface area contributed by atoms with Crippen molar-refractivity contribution in [2.45, 2.75) is 38.8 Å². The summed E-state index contributed by atoms with van der Waals surface area (Å²) in [5.74, 6) is 0. The Labute approximate surface area is 126 Å². The van der Waals surface area contributed by atoms with Gasteiger partial charge in [0.1, 0.15) is 0 Å². The van der Waals surface area contributed by atoms with E-state index in [1.165, 1.54) is 7.05 Å². The number of hydrogen-bond donors (Lipinski definition) is 0. The summed E-state index contributed by atoms with van der Waals surface area (Å²) in [5.41, 5.74) is -2.18. The first-order valence-corrected chi connectivity index (χ1v) is 5.90. The molecule has 7 heteroatoms. The minimum atomic E-state index is -3.14. The van der Waals surface area contributed by atoms with Crippen molar-refractivity contribution >= 4 is 11.2 Å². The first-order chi connectivity index (χ1) is 12.6. The Balaban J connectivity index is 2.39. The fraction of sp³-hybridized carbons (Fsp3) is 0.615. The van der Waals surface area contributed by atoms with Gasteiger partial charge >= 0.3 is 5.69 Å². The van der Waals surface area contributed by atoms with E-state index in [-0.39, 0.29) is 24.1 Å². The molecule has 0 spiro atoms. The van der Waals surface area contributed by atoms with Crippen LogP contribution >= 0.6 is 0 Å². The quantitative estimate of drug-likeness (QED) is 0.824. The van der Waals surface area contributed by atoms with Crippen LogP contribution in [-0.2, 0) is 20.6 Å². The zero-order chi connectivity index (χ0) is 21.7. The van der Waals surface area contributed by atoms with Crippen molar-refractivity contribution in [1.29, 1.82) is 0 Å². The van der Waals surface area contributed by atoms with Gasteiger partial charge in [0.25, 0.3) is 5.56 Å². The van der Waals surface area contributed by atoms with Gasteiger partial charge in [-0.05, 0) is 26.1 Å². The fourth-order valence-electron chi connectivity index (χ4n) is 1.93. The number of aromatic nitrogens is 4. The maximum Gasteiger partial charge on any atom is 0.332 e. The molecule has 0 aliphatic heterocycles. The van der Waals surface area contributed by atoms with Crippen LogP contribution in [0, 0.1) is 0 Å². The summed E-state index contributed by atoms with van der Waals surface area (Å²) in [5, 5.41) is 0. The number of rotatable bonds is 5. The van der Waals surface area contributed by atoms with Crippen LogP contribution in [0.5, 0.6) is 0 Å². The number of halogens is 1. The SMILES string of the molecule is [2H]C([2H])([2H])C(F)C([2H])([2H])CCCn1c(=O)c2c(ncn2C([2H])([2H])[2H])n(C)c1=O. The first-order valence-electron chi connectivity index (χ1n) is 9.90. The molecule has 0 fully saturated rings. The summed E-state index contributed by atoms with van der Waals surface area (Å²) in [6.45, 7) is -6.19. The second-order valence-electron chi connectivity index (χ2n) is 4.26. The van der Waals surface area contributed by atoms with E-state index in [0.29, 0.717) is 9.13 Å². The van der Waals surface area contributed by atoms with Crippen LogP contribution in [0.3, 0.4) is 0 Å². The molecule has 1 unspecified atom stereocenters. The number of alkyl halides is 1. The second-order valence-corrected chi connectivity index (χ2v) is 4.26. The highest BCUT2D eigenvalue weighted by atomic mass is 19.1. The zero-order valence-corrected chi connectivity index (χ0v) is 10.8. The van der Waals surface area contributed by atoms with Crippen LogP contribution in [0.15, 0.2) is 15.9 Å². The molecule has 20 heavy (non-hydrogen) atoms. The van der Waals surface area contributed by atoms with E-state index < -0.39 is 44.0 Å². The molecule has 2 aromatic rings. The number of hydrogen-bond acceptors (Lipinski definition) is 3. The minimum absolute atomic E-state index is 0.121. The van der Waals surface area contributed by atoms with E-state index in [0.717, 1.165) is 10.9 Å². The molecule has 2 rings (SSSR count). The smallest absolute Gasteiger partial charge is 0.328 e. The maximum absolute atomic E-state index is 13.8. The van der Waals surface area contributed by atoms with Crippen molar-refractivity contribution in [2.24, 2.45) is 14.0 Å². The predicted molar refractivity (Wildman–Crippen MR) is 74.6 cm³/mol. The molecule has 0 bridgehead atoms. The minimum Gasteiger partial charge on any atom is -0.328 e. The third-order valence-corrected chi connectivity index (χ3v) is 2.91. The van der Waals surface area contributed by atoms with Gasteiger partial charge in [0.2, 0.25) is 0 Å². The Kier molecular flexibility index (Phi) is 2.01. The highest BCUT2D eigenvalue weighted by molar-refractivity contribution is 5.69.